The molecule has 3 aliphatic rings. The monoisotopic (exact) mass is 360 g/mol. The van der Waals surface area contributed by atoms with Crippen molar-refractivity contribution in [2.75, 3.05) is 32.8 Å². The summed E-state index contributed by atoms with van der Waals surface area (Å²) < 4.78 is 7.54. The van der Waals surface area contributed by atoms with Gasteiger partial charge in [0.1, 0.15) is 6.10 Å². The van der Waals surface area contributed by atoms with Gasteiger partial charge >= 0.3 is 0 Å². The summed E-state index contributed by atoms with van der Waals surface area (Å²) in [5, 5.41) is 4.53. The zero-order valence-corrected chi connectivity index (χ0v) is 15.7. The van der Waals surface area contributed by atoms with E-state index in [1.165, 1.54) is 0 Å². The van der Waals surface area contributed by atoms with Crippen LogP contribution in [0, 0.1) is 19.8 Å². The number of rotatable bonds is 3. The van der Waals surface area contributed by atoms with Gasteiger partial charge in [-0.2, -0.15) is 5.10 Å². The van der Waals surface area contributed by atoms with Crippen LogP contribution in [0.15, 0.2) is 6.07 Å². The van der Waals surface area contributed by atoms with Gasteiger partial charge in [-0.3, -0.25) is 14.3 Å². The van der Waals surface area contributed by atoms with E-state index >= 15 is 0 Å². The van der Waals surface area contributed by atoms with E-state index in [1.807, 2.05) is 21.4 Å². The lowest BCUT2D eigenvalue weighted by Gasteiger charge is -2.43. The van der Waals surface area contributed by atoms with Crippen molar-refractivity contribution >= 4 is 11.8 Å². The molecule has 4 rings (SSSR count). The Morgan fingerprint density at radius 3 is 2.38 bits per heavy atom. The second-order valence-electron chi connectivity index (χ2n) is 7.87. The van der Waals surface area contributed by atoms with Crippen LogP contribution in [0.4, 0.5) is 0 Å². The van der Waals surface area contributed by atoms with Crippen LogP contribution in [0.2, 0.25) is 0 Å². The van der Waals surface area contributed by atoms with E-state index in [9.17, 15) is 9.59 Å². The fraction of sp³-hybridized carbons (Fsp3) is 0.737. The van der Waals surface area contributed by atoms with Crippen molar-refractivity contribution < 1.29 is 14.3 Å². The average molecular weight is 360 g/mol. The number of carbonyl (C=O) groups excluding carboxylic acids is 2. The maximum Gasteiger partial charge on any atom is 0.251 e. The van der Waals surface area contributed by atoms with Crippen LogP contribution in [0.3, 0.4) is 0 Å². The number of nitrogens with zero attached hydrogens (tertiary/aromatic N) is 4. The Kier molecular flexibility index (Phi) is 4.73. The first-order valence-electron chi connectivity index (χ1n) is 9.75. The fourth-order valence-corrected chi connectivity index (χ4v) is 4.39. The van der Waals surface area contributed by atoms with Crippen LogP contribution in [0.1, 0.15) is 43.1 Å². The second kappa shape index (κ2) is 7.02. The third-order valence-electron chi connectivity index (χ3n) is 5.93. The molecule has 0 saturated carbocycles. The normalized spacial score (nSPS) is 24.8. The maximum absolute atomic E-state index is 12.7. The van der Waals surface area contributed by atoms with Crippen molar-refractivity contribution in [1.29, 1.82) is 0 Å². The number of carbonyl (C=O) groups is 2. The summed E-state index contributed by atoms with van der Waals surface area (Å²) in [6.07, 6.45) is 3.08. The van der Waals surface area contributed by atoms with Gasteiger partial charge in [0, 0.05) is 44.4 Å². The topological polar surface area (TPSA) is 67.7 Å². The van der Waals surface area contributed by atoms with Crippen molar-refractivity contribution in [3.8, 4) is 0 Å². The van der Waals surface area contributed by atoms with Gasteiger partial charge in [-0.25, -0.2) is 0 Å². The number of aromatic nitrogens is 2. The Hall–Kier alpha value is -1.89. The zero-order valence-electron chi connectivity index (χ0n) is 15.7. The van der Waals surface area contributed by atoms with E-state index in [2.05, 4.69) is 18.1 Å². The molecule has 1 atom stereocenters. The molecule has 0 aliphatic carbocycles. The number of ether oxygens (including phenoxy) is 1. The molecule has 1 aromatic heterocycles. The van der Waals surface area contributed by atoms with Crippen LogP contribution in [0.5, 0.6) is 0 Å². The molecule has 1 aromatic rings. The van der Waals surface area contributed by atoms with Gasteiger partial charge in [0.2, 0.25) is 5.91 Å². The summed E-state index contributed by atoms with van der Waals surface area (Å²) >= 11 is 0. The van der Waals surface area contributed by atoms with Crippen molar-refractivity contribution in [1.82, 2.24) is 19.6 Å². The van der Waals surface area contributed by atoms with Crippen molar-refractivity contribution in [3.05, 3.63) is 17.5 Å². The van der Waals surface area contributed by atoms with Crippen LogP contribution in [0.25, 0.3) is 0 Å². The van der Waals surface area contributed by atoms with Gasteiger partial charge in [-0.15, -0.1) is 0 Å². The molecule has 3 saturated heterocycles. The lowest BCUT2D eigenvalue weighted by atomic mass is 9.93. The van der Waals surface area contributed by atoms with Crippen LogP contribution < -0.4 is 0 Å². The Bertz CT molecular complexity index is 681. The van der Waals surface area contributed by atoms with E-state index in [1.54, 1.807) is 0 Å². The summed E-state index contributed by atoms with van der Waals surface area (Å²) in [5.41, 5.74) is 2.18. The first-order chi connectivity index (χ1) is 12.5. The largest absolute Gasteiger partial charge is 0.368 e. The molecule has 7 heteroatoms. The van der Waals surface area contributed by atoms with E-state index in [-0.39, 0.29) is 23.8 Å². The highest BCUT2D eigenvalue weighted by atomic mass is 16.5. The SMILES string of the molecule is Cc1cc(C)n(C2CN(C(=O)C3CCN(C(=O)[C@H]4CCCO4)CC3)C2)n1. The molecule has 2 amide bonds. The van der Waals surface area contributed by atoms with Crippen LogP contribution >= 0.6 is 0 Å². The first-order valence-corrected chi connectivity index (χ1v) is 9.75. The molecule has 0 spiro atoms. The molecular formula is C19H28N4O3. The molecule has 0 radical (unpaired) electrons. The third kappa shape index (κ3) is 3.24. The molecule has 7 nitrogen and oxygen atoms in total. The molecule has 0 aromatic carbocycles. The summed E-state index contributed by atoms with van der Waals surface area (Å²) in [6, 6.07) is 2.37. The molecule has 0 N–H and O–H groups in total. The Balaban J connectivity index is 1.25. The lowest BCUT2D eigenvalue weighted by Crippen LogP contribution is -2.54. The molecule has 4 heterocycles. The lowest BCUT2D eigenvalue weighted by molar-refractivity contribution is -0.148. The predicted molar refractivity (Wildman–Crippen MR) is 95.6 cm³/mol. The van der Waals surface area contributed by atoms with E-state index < -0.39 is 0 Å². The second-order valence-corrected chi connectivity index (χ2v) is 7.87. The minimum absolute atomic E-state index is 0.0463. The number of piperidine rings is 1. The molecule has 142 valence electrons. The van der Waals surface area contributed by atoms with Crippen LogP contribution in [-0.4, -0.2) is 70.3 Å². The smallest absolute Gasteiger partial charge is 0.251 e. The highest BCUT2D eigenvalue weighted by Crippen LogP contribution is 2.28. The number of hydrogen-bond donors (Lipinski definition) is 0. The van der Waals surface area contributed by atoms with Gasteiger partial charge in [0.25, 0.3) is 5.91 Å². The predicted octanol–water partition coefficient (Wildman–Crippen LogP) is 1.30. The minimum Gasteiger partial charge on any atom is -0.368 e. The molecule has 0 unspecified atom stereocenters. The minimum atomic E-state index is -0.251. The quantitative estimate of drug-likeness (QED) is 0.815. The fourth-order valence-electron chi connectivity index (χ4n) is 4.39. The van der Waals surface area contributed by atoms with E-state index in [0.29, 0.717) is 25.7 Å². The van der Waals surface area contributed by atoms with Crippen molar-refractivity contribution in [2.45, 2.75) is 51.7 Å². The van der Waals surface area contributed by atoms with Gasteiger partial charge in [-0.1, -0.05) is 0 Å². The molecule has 3 aliphatic heterocycles. The zero-order chi connectivity index (χ0) is 18.3. The van der Waals surface area contributed by atoms with Gasteiger partial charge in [-0.05, 0) is 45.6 Å². The summed E-state index contributed by atoms with van der Waals surface area (Å²) in [4.78, 5) is 29.0. The number of likely N-dealkylation sites (tertiary alicyclic amines) is 2. The molecule has 0 bridgehead atoms. The summed E-state index contributed by atoms with van der Waals surface area (Å²) in [5.74, 6) is 0.402. The van der Waals surface area contributed by atoms with Gasteiger partial charge < -0.3 is 14.5 Å². The Morgan fingerprint density at radius 1 is 1.08 bits per heavy atom. The van der Waals surface area contributed by atoms with E-state index in [4.69, 9.17) is 4.74 Å². The maximum atomic E-state index is 12.7. The Morgan fingerprint density at radius 2 is 1.81 bits per heavy atom. The number of aryl methyl sites for hydroxylation is 2. The average Bonchev–Trinajstić information content (AvgIpc) is 3.23. The van der Waals surface area contributed by atoms with E-state index in [0.717, 1.165) is 50.2 Å². The number of amides is 2. The standard InChI is InChI=1S/C19H28N4O3/c1-13-10-14(2)23(20-13)16-11-22(12-16)18(24)15-5-7-21(8-6-15)19(25)17-4-3-9-26-17/h10,15-17H,3-9,11-12H2,1-2H3/t17-/m1/s1. The Labute approximate surface area is 154 Å². The highest BCUT2D eigenvalue weighted by molar-refractivity contribution is 5.82. The summed E-state index contributed by atoms with van der Waals surface area (Å²) in [7, 11) is 0. The van der Waals surface area contributed by atoms with Crippen LogP contribution in [-0.2, 0) is 14.3 Å². The van der Waals surface area contributed by atoms with Gasteiger partial charge in [0.05, 0.1) is 11.7 Å². The van der Waals surface area contributed by atoms with Crippen molar-refractivity contribution in [3.63, 3.8) is 0 Å². The summed E-state index contributed by atoms with van der Waals surface area (Å²) in [6.45, 7) is 7.58. The first kappa shape index (κ1) is 17.5. The third-order valence-corrected chi connectivity index (χ3v) is 5.93. The molecular weight excluding hydrogens is 332 g/mol. The van der Waals surface area contributed by atoms with Crippen molar-refractivity contribution in [2.24, 2.45) is 5.92 Å². The highest BCUT2D eigenvalue weighted by Gasteiger charge is 2.38. The van der Waals surface area contributed by atoms with Gasteiger partial charge in [0.15, 0.2) is 0 Å². The number of hydrogen-bond acceptors (Lipinski definition) is 4. The molecule has 3 fully saturated rings. The molecule has 26 heavy (non-hydrogen) atoms.